The number of allylic oxidation sites excluding steroid dienone is 2. The van der Waals surface area contributed by atoms with Crippen LogP contribution in [0.1, 0.15) is 66.1 Å². The molecule has 6 aromatic heterocycles. The van der Waals surface area contributed by atoms with Gasteiger partial charge in [-0.2, -0.15) is 0 Å². The first kappa shape index (κ1) is 45.2. The third kappa shape index (κ3) is 8.18. The van der Waals surface area contributed by atoms with E-state index in [-0.39, 0.29) is 35.6 Å². The Kier molecular flexibility index (Phi) is 11.9. The Bertz CT molecular complexity index is 3490. The van der Waals surface area contributed by atoms with Gasteiger partial charge in [-0.1, -0.05) is 30.9 Å². The fraction of sp³-hybridized carbons (Fsp3) is 0.259. The molecule has 16 nitrogen and oxygen atoms in total. The summed E-state index contributed by atoms with van der Waals surface area (Å²) >= 11 is 0. The standard InChI is InChI=1S/C54H51N13O3/c1-8-42-57-27-40(49-45(44-32(5)58-28-60-51(44)66(49)7)34-16-19-38(20-17-34)70-54-56-23-22-31(4)62-54)41(64-42)26-37-11-10-24-67(37)53(69)35-14-12-33(13-15-35)46-47-50(55)59-29-61-52(47)65(6)48(46)39-21-18-36(25-30(39)3)63-43(68)9-2/h1,9,12,16-23,25,27-29,35,37H,2,10-11,13-15,24,26H2,3-7H3,(H,63,68)(H2,55,59,61)/t35-,37?/m0/s1. The molecule has 16 heteroatoms. The van der Waals surface area contributed by atoms with Gasteiger partial charge in [0, 0.05) is 90.4 Å². The number of terminal acetylenes is 1. The number of hydrogen-bond acceptors (Lipinski definition) is 12. The number of benzene rings is 2. The fourth-order valence-corrected chi connectivity index (χ4v) is 10.3. The van der Waals surface area contributed by atoms with Crippen molar-refractivity contribution in [2.45, 2.75) is 65.3 Å². The molecule has 1 saturated heterocycles. The molecule has 2 atom stereocenters. The van der Waals surface area contributed by atoms with E-state index >= 15 is 0 Å². The summed E-state index contributed by atoms with van der Waals surface area (Å²) in [6.45, 7) is 10.1. The monoisotopic (exact) mass is 929 g/mol. The van der Waals surface area contributed by atoms with Gasteiger partial charge in [0.25, 0.3) is 0 Å². The Morgan fingerprint density at radius 2 is 1.66 bits per heavy atom. The number of aryl methyl sites for hydroxylation is 5. The van der Waals surface area contributed by atoms with Crippen molar-refractivity contribution in [2.75, 3.05) is 17.6 Å². The summed E-state index contributed by atoms with van der Waals surface area (Å²) in [4.78, 5) is 65.6. The molecule has 0 saturated carbocycles. The Balaban J connectivity index is 0.954. The number of anilines is 2. The van der Waals surface area contributed by atoms with E-state index in [1.165, 1.54) is 12.4 Å². The molecule has 3 N–H and O–H groups in total. The van der Waals surface area contributed by atoms with Crippen LogP contribution in [0.5, 0.6) is 11.8 Å². The maximum Gasteiger partial charge on any atom is 0.322 e. The number of rotatable bonds is 11. The molecule has 1 aliphatic carbocycles. The highest BCUT2D eigenvalue weighted by molar-refractivity contribution is 6.06. The van der Waals surface area contributed by atoms with E-state index in [4.69, 9.17) is 26.9 Å². The van der Waals surface area contributed by atoms with Crippen molar-refractivity contribution in [3.63, 3.8) is 0 Å². The maximum absolute atomic E-state index is 14.8. The number of aromatic nitrogens is 10. The van der Waals surface area contributed by atoms with Crippen molar-refractivity contribution in [1.29, 1.82) is 0 Å². The number of ether oxygens (including phenoxy) is 1. The van der Waals surface area contributed by atoms with E-state index in [9.17, 15) is 9.59 Å². The smallest absolute Gasteiger partial charge is 0.322 e. The molecule has 10 rings (SSSR count). The summed E-state index contributed by atoms with van der Waals surface area (Å²) in [5, 5.41) is 4.54. The molecule has 1 fully saturated rings. The molecule has 70 heavy (non-hydrogen) atoms. The second-order valence-electron chi connectivity index (χ2n) is 17.9. The van der Waals surface area contributed by atoms with Crippen LogP contribution >= 0.6 is 0 Å². The number of hydrogen-bond donors (Lipinski definition) is 2. The third-order valence-electron chi connectivity index (χ3n) is 13.6. The van der Waals surface area contributed by atoms with E-state index in [0.717, 1.165) is 96.7 Å². The van der Waals surface area contributed by atoms with Crippen LogP contribution in [-0.2, 0) is 30.1 Å². The average Bonchev–Trinajstić information content (AvgIpc) is 4.04. The second kappa shape index (κ2) is 18.5. The number of fused-ring (bicyclic) bond motifs is 2. The summed E-state index contributed by atoms with van der Waals surface area (Å²) in [7, 11) is 3.97. The van der Waals surface area contributed by atoms with Gasteiger partial charge >= 0.3 is 6.01 Å². The highest BCUT2D eigenvalue weighted by Gasteiger charge is 2.36. The van der Waals surface area contributed by atoms with Crippen molar-refractivity contribution in [1.82, 2.24) is 53.9 Å². The van der Waals surface area contributed by atoms with Gasteiger partial charge in [0.1, 0.15) is 35.5 Å². The van der Waals surface area contributed by atoms with Crippen molar-refractivity contribution < 1.29 is 14.3 Å². The normalized spacial score (nSPS) is 15.8. The minimum Gasteiger partial charge on any atom is -0.424 e. The van der Waals surface area contributed by atoms with Crippen molar-refractivity contribution >= 4 is 51.0 Å². The van der Waals surface area contributed by atoms with Crippen molar-refractivity contribution in [3.05, 3.63) is 126 Å². The molecule has 8 aromatic rings. The van der Waals surface area contributed by atoms with E-state index in [1.807, 2.05) is 83.4 Å². The van der Waals surface area contributed by atoms with Crippen LogP contribution < -0.4 is 15.8 Å². The largest absolute Gasteiger partial charge is 0.424 e. The van der Waals surface area contributed by atoms with Gasteiger partial charge in [0.2, 0.25) is 17.6 Å². The number of likely N-dealkylation sites (tertiary alicyclic amines) is 1. The molecule has 0 bridgehead atoms. The Morgan fingerprint density at radius 1 is 0.900 bits per heavy atom. The van der Waals surface area contributed by atoms with Crippen LogP contribution in [0, 0.1) is 39.0 Å². The zero-order valence-electron chi connectivity index (χ0n) is 39.7. The number of nitrogens with two attached hydrogens (primary N) is 1. The lowest BCUT2D eigenvalue weighted by atomic mass is 9.84. The Hall–Kier alpha value is -8.58. The fourth-order valence-electron chi connectivity index (χ4n) is 10.3. The van der Waals surface area contributed by atoms with Crippen molar-refractivity contribution in [3.8, 4) is 57.7 Å². The Labute approximate surface area is 404 Å². The van der Waals surface area contributed by atoms with E-state index in [1.54, 1.807) is 18.7 Å². The minimum absolute atomic E-state index is 0.110. The van der Waals surface area contributed by atoms with E-state index in [0.29, 0.717) is 55.1 Å². The first-order chi connectivity index (χ1) is 33.9. The lowest BCUT2D eigenvalue weighted by Crippen LogP contribution is -2.41. The minimum atomic E-state index is -0.282. The van der Waals surface area contributed by atoms with Gasteiger partial charge < -0.3 is 29.8 Å². The first-order valence-corrected chi connectivity index (χ1v) is 23.3. The molecule has 0 spiro atoms. The lowest BCUT2D eigenvalue weighted by molar-refractivity contribution is -0.136. The van der Waals surface area contributed by atoms with Gasteiger partial charge in [-0.05, 0) is 112 Å². The van der Waals surface area contributed by atoms with Gasteiger partial charge in [0.15, 0.2) is 0 Å². The maximum atomic E-state index is 14.8. The Morgan fingerprint density at radius 3 is 2.37 bits per heavy atom. The van der Waals surface area contributed by atoms with Crippen LogP contribution in [0.3, 0.4) is 0 Å². The van der Waals surface area contributed by atoms with Gasteiger partial charge in [-0.3, -0.25) is 9.59 Å². The van der Waals surface area contributed by atoms with Crippen LogP contribution in [0.4, 0.5) is 11.5 Å². The van der Waals surface area contributed by atoms with Crippen LogP contribution in [0.25, 0.3) is 61.3 Å². The van der Waals surface area contributed by atoms with Gasteiger partial charge in [0.05, 0.1) is 28.2 Å². The van der Waals surface area contributed by atoms with E-state index < -0.39 is 0 Å². The molecule has 2 aliphatic rings. The first-order valence-electron chi connectivity index (χ1n) is 23.3. The number of nitrogens with one attached hydrogen (secondary N) is 1. The zero-order chi connectivity index (χ0) is 48.8. The highest BCUT2D eigenvalue weighted by Crippen LogP contribution is 2.46. The van der Waals surface area contributed by atoms with Crippen LogP contribution in [0.15, 0.2) is 92.3 Å². The lowest BCUT2D eigenvalue weighted by Gasteiger charge is -2.31. The van der Waals surface area contributed by atoms with Gasteiger partial charge in [-0.25, -0.2) is 39.9 Å². The molecule has 1 aliphatic heterocycles. The SMILES string of the molecule is C#Cc1ncc(-c2c(-c3ccc(Oc4nccc(C)n4)cc3)c3c(C)ncnc3n2C)c(CC2CCCN2C(=O)[C@H]2CC=C(c3c(-c4ccc(NC(=O)C=C)cc4C)n(C)c4ncnc(N)c34)CC2)n1. The molecule has 1 unspecified atom stereocenters. The van der Waals surface area contributed by atoms with E-state index in [2.05, 4.69) is 67.8 Å². The predicted molar refractivity (Wildman–Crippen MR) is 270 cm³/mol. The number of amides is 2. The molecular formula is C54H51N13O3. The van der Waals surface area contributed by atoms with Crippen molar-refractivity contribution in [2.24, 2.45) is 20.0 Å². The topological polar surface area (TPSA) is 198 Å². The summed E-state index contributed by atoms with van der Waals surface area (Å²) in [5.41, 5.74) is 19.6. The number of carbonyl (C=O) groups is 2. The quantitative estimate of drug-likeness (QED) is 0.0926. The number of nitrogens with zero attached hydrogens (tertiary/aromatic N) is 11. The summed E-state index contributed by atoms with van der Waals surface area (Å²) in [6, 6.07) is 15.6. The molecule has 2 amide bonds. The number of nitrogen functional groups attached to an aromatic ring is 1. The second-order valence-corrected chi connectivity index (χ2v) is 17.9. The zero-order valence-corrected chi connectivity index (χ0v) is 39.7. The number of carbonyl (C=O) groups excluding carboxylic acids is 2. The average molecular weight is 930 g/mol. The predicted octanol–water partition coefficient (Wildman–Crippen LogP) is 8.65. The highest BCUT2D eigenvalue weighted by atomic mass is 16.5. The van der Waals surface area contributed by atoms with Gasteiger partial charge in [-0.15, -0.1) is 6.42 Å². The van der Waals surface area contributed by atoms with Crippen LogP contribution in [-0.4, -0.2) is 78.3 Å². The summed E-state index contributed by atoms with van der Waals surface area (Å²) in [6.07, 6.45) is 20.0. The molecule has 2 aromatic carbocycles. The van der Waals surface area contributed by atoms with Crippen LogP contribution in [0.2, 0.25) is 0 Å². The molecule has 7 heterocycles. The molecular weight excluding hydrogens is 879 g/mol. The molecule has 0 radical (unpaired) electrons. The third-order valence-corrected chi connectivity index (χ3v) is 13.6. The summed E-state index contributed by atoms with van der Waals surface area (Å²) in [5.74, 6) is 3.54. The molecule has 350 valence electrons. The summed E-state index contributed by atoms with van der Waals surface area (Å²) < 4.78 is 10.1.